The van der Waals surface area contributed by atoms with Gasteiger partial charge in [0.05, 0.1) is 5.56 Å². The van der Waals surface area contributed by atoms with E-state index in [4.69, 9.17) is 0 Å². The molecule has 0 fully saturated rings. The minimum Gasteiger partial charge on any atom is -0.618 e. The Morgan fingerprint density at radius 2 is 1.85 bits per heavy atom. The van der Waals surface area contributed by atoms with Crippen LogP contribution in [0, 0.1) is 11.0 Å². The highest BCUT2D eigenvalue weighted by molar-refractivity contribution is 5.65. The van der Waals surface area contributed by atoms with E-state index in [0.717, 1.165) is 32.9 Å². The lowest BCUT2D eigenvalue weighted by atomic mass is 9.84. The van der Waals surface area contributed by atoms with E-state index in [-0.39, 0.29) is 11.2 Å². The molecule has 1 N–H and O–H groups in total. The lowest BCUT2D eigenvalue weighted by Gasteiger charge is -2.26. The fourth-order valence-electron chi connectivity index (χ4n) is 3.10. The van der Waals surface area contributed by atoms with Gasteiger partial charge >= 0.3 is 0 Å². The van der Waals surface area contributed by atoms with Crippen molar-refractivity contribution in [3.05, 3.63) is 83.2 Å². The van der Waals surface area contributed by atoms with Gasteiger partial charge in [0.25, 0.3) is 0 Å². The average Bonchev–Trinajstić information content (AvgIpc) is 2.67. The molecule has 140 valence electrons. The molecule has 0 saturated carbocycles. The van der Waals surface area contributed by atoms with Crippen molar-refractivity contribution in [2.24, 2.45) is 0 Å². The minimum atomic E-state index is -0.230. The van der Waals surface area contributed by atoms with Gasteiger partial charge in [-0.1, -0.05) is 32.9 Å². The molecule has 0 amide bonds. The highest BCUT2D eigenvalue weighted by Gasteiger charge is 2.20. The predicted molar refractivity (Wildman–Crippen MR) is 106 cm³/mol. The quantitative estimate of drug-likeness (QED) is 0.518. The maximum atomic E-state index is 13.1. The van der Waals surface area contributed by atoms with Gasteiger partial charge in [-0.05, 0) is 35.9 Å². The Labute approximate surface area is 159 Å². The second-order valence-electron chi connectivity index (χ2n) is 7.22. The van der Waals surface area contributed by atoms with Crippen LogP contribution in [0.1, 0.15) is 32.0 Å². The molecule has 0 saturated heterocycles. The number of anilines is 1. The minimum absolute atomic E-state index is 0.170. The van der Waals surface area contributed by atoms with Crippen LogP contribution in [0.3, 0.4) is 0 Å². The average molecular weight is 365 g/mol. The van der Waals surface area contributed by atoms with Crippen LogP contribution in [-0.2, 0) is 11.8 Å². The molecule has 0 radical (unpaired) electrons. The summed E-state index contributed by atoms with van der Waals surface area (Å²) in [5, 5.41) is 15.3. The number of rotatable bonds is 6. The van der Waals surface area contributed by atoms with Gasteiger partial charge in [0.15, 0.2) is 11.9 Å². The third-order valence-electron chi connectivity index (χ3n) is 4.81. The molecular weight excluding hydrogens is 341 g/mol. The molecule has 2 aromatic heterocycles. The fraction of sp³-hybridized carbons (Fsp3) is 0.273. The van der Waals surface area contributed by atoms with Gasteiger partial charge in [0.2, 0.25) is 0 Å². The summed E-state index contributed by atoms with van der Waals surface area (Å²) in [6.45, 7) is 6.84. The fourth-order valence-corrected chi connectivity index (χ4v) is 3.10. The Kier molecular flexibility index (Phi) is 5.40. The molecular formula is C22H24FN3O. The second kappa shape index (κ2) is 7.74. The molecule has 2 heterocycles. The van der Waals surface area contributed by atoms with E-state index in [0.29, 0.717) is 13.0 Å². The molecule has 1 aromatic carbocycles. The normalized spacial score (nSPS) is 11.4. The Morgan fingerprint density at radius 3 is 2.48 bits per heavy atom. The second-order valence-corrected chi connectivity index (χ2v) is 7.22. The summed E-state index contributed by atoms with van der Waals surface area (Å²) in [4.78, 5) is 4.49. The van der Waals surface area contributed by atoms with E-state index in [1.165, 1.54) is 18.3 Å². The summed E-state index contributed by atoms with van der Waals surface area (Å²) < 4.78 is 14.0. The summed E-state index contributed by atoms with van der Waals surface area (Å²) >= 11 is 0. The number of hydrogen-bond acceptors (Lipinski definition) is 3. The highest BCUT2D eigenvalue weighted by Crippen LogP contribution is 2.25. The first-order chi connectivity index (χ1) is 12.9. The summed E-state index contributed by atoms with van der Waals surface area (Å²) in [6.07, 6.45) is 3.95. The van der Waals surface area contributed by atoms with Crippen LogP contribution in [0.5, 0.6) is 0 Å². The summed E-state index contributed by atoms with van der Waals surface area (Å²) in [5.74, 6) is 0.532. The summed E-state index contributed by atoms with van der Waals surface area (Å²) in [6, 6.07) is 14.2. The Morgan fingerprint density at radius 1 is 1.11 bits per heavy atom. The number of hydrogen-bond donors (Lipinski definition) is 1. The molecule has 4 nitrogen and oxygen atoms in total. The van der Waals surface area contributed by atoms with Gasteiger partial charge in [-0.15, -0.1) is 0 Å². The van der Waals surface area contributed by atoms with Gasteiger partial charge in [-0.2, -0.15) is 4.73 Å². The van der Waals surface area contributed by atoms with E-state index < -0.39 is 0 Å². The molecule has 0 aliphatic rings. The Balaban J connectivity index is 1.73. The van der Waals surface area contributed by atoms with Gasteiger partial charge in [0, 0.05) is 36.2 Å². The SMILES string of the molecule is CCc1c(-c2ccc(NCC(C)(C)c3ccc(F)cc3)nc2)ccc[n+]1[O-]. The smallest absolute Gasteiger partial charge is 0.200 e. The molecule has 0 aliphatic carbocycles. The Hall–Kier alpha value is -2.95. The van der Waals surface area contributed by atoms with E-state index in [1.807, 2.05) is 37.3 Å². The number of aromatic nitrogens is 2. The van der Waals surface area contributed by atoms with Crippen molar-refractivity contribution < 1.29 is 9.12 Å². The largest absolute Gasteiger partial charge is 0.618 e. The van der Waals surface area contributed by atoms with Gasteiger partial charge in [-0.25, -0.2) is 9.37 Å². The van der Waals surface area contributed by atoms with Crippen molar-refractivity contribution in [1.82, 2.24) is 4.98 Å². The van der Waals surface area contributed by atoms with Crippen LogP contribution in [0.2, 0.25) is 0 Å². The van der Waals surface area contributed by atoms with Crippen LogP contribution in [0.15, 0.2) is 60.9 Å². The van der Waals surface area contributed by atoms with Crippen LogP contribution >= 0.6 is 0 Å². The topological polar surface area (TPSA) is 51.9 Å². The summed E-state index contributed by atoms with van der Waals surface area (Å²) in [5.41, 5.74) is 3.44. The van der Waals surface area contributed by atoms with Crippen molar-refractivity contribution in [1.29, 1.82) is 0 Å². The zero-order valence-electron chi connectivity index (χ0n) is 15.9. The monoisotopic (exact) mass is 365 g/mol. The molecule has 0 atom stereocenters. The third-order valence-corrected chi connectivity index (χ3v) is 4.81. The molecule has 3 aromatic rings. The lowest BCUT2D eigenvalue weighted by Crippen LogP contribution is -2.31. The molecule has 0 aliphatic heterocycles. The standard InChI is InChI=1S/C22H24FN3O/c1-4-20-19(6-5-13-26(20)27)16-7-12-21(24-14-16)25-15-22(2,3)17-8-10-18(23)11-9-17/h5-14H,4,15H2,1-3H3,(H,24,25). The first-order valence-corrected chi connectivity index (χ1v) is 9.08. The zero-order chi connectivity index (χ0) is 19.4. The van der Waals surface area contributed by atoms with Crippen LogP contribution in [0.4, 0.5) is 10.2 Å². The van der Waals surface area contributed by atoms with E-state index >= 15 is 0 Å². The molecule has 0 bridgehead atoms. The number of nitrogens with zero attached hydrogens (tertiary/aromatic N) is 2. The first kappa shape index (κ1) is 18.8. The zero-order valence-corrected chi connectivity index (χ0v) is 15.9. The number of benzene rings is 1. The number of halogens is 1. The van der Waals surface area contributed by atoms with Crippen molar-refractivity contribution in [3.8, 4) is 11.1 Å². The number of pyridine rings is 2. The van der Waals surface area contributed by atoms with Gasteiger partial charge in [-0.3, -0.25) is 0 Å². The summed E-state index contributed by atoms with van der Waals surface area (Å²) in [7, 11) is 0. The molecule has 0 unspecified atom stereocenters. The van der Waals surface area contributed by atoms with Crippen molar-refractivity contribution in [3.63, 3.8) is 0 Å². The predicted octanol–water partition coefficient (Wildman–Crippen LogP) is 4.47. The van der Waals surface area contributed by atoms with Crippen LogP contribution < -0.4 is 10.0 Å². The molecule has 0 spiro atoms. The lowest BCUT2D eigenvalue weighted by molar-refractivity contribution is -0.613. The van der Waals surface area contributed by atoms with E-state index in [2.05, 4.69) is 24.1 Å². The van der Waals surface area contributed by atoms with Crippen LogP contribution in [0.25, 0.3) is 11.1 Å². The van der Waals surface area contributed by atoms with Crippen molar-refractivity contribution in [2.45, 2.75) is 32.6 Å². The first-order valence-electron chi connectivity index (χ1n) is 9.08. The third kappa shape index (κ3) is 4.25. The van der Waals surface area contributed by atoms with E-state index in [9.17, 15) is 9.60 Å². The maximum absolute atomic E-state index is 13.1. The van der Waals surface area contributed by atoms with Crippen LogP contribution in [-0.4, -0.2) is 11.5 Å². The van der Waals surface area contributed by atoms with Gasteiger partial charge in [0.1, 0.15) is 11.6 Å². The maximum Gasteiger partial charge on any atom is 0.200 e. The highest BCUT2D eigenvalue weighted by atomic mass is 19.1. The molecule has 3 rings (SSSR count). The molecule has 27 heavy (non-hydrogen) atoms. The van der Waals surface area contributed by atoms with Crippen molar-refractivity contribution in [2.75, 3.05) is 11.9 Å². The number of nitrogens with one attached hydrogen (secondary N) is 1. The Bertz CT molecular complexity index is 906. The van der Waals surface area contributed by atoms with E-state index in [1.54, 1.807) is 12.3 Å². The van der Waals surface area contributed by atoms with Gasteiger partial charge < -0.3 is 10.5 Å². The molecule has 5 heteroatoms. The van der Waals surface area contributed by atoms with Crippen molar-refractivity contribution >= 4 is 5.82 Å².